The zero-order valence-corrected chi connectivity index (χ0v) is 16.2. The molecule has 4 aromatic rings. The minimum Gasteiger partial charge on any atom is -0.330 e. The van der Waals surface area contributed by atoms with Crippen LogP contribution in [0.4, 0.5) is 20.3 Å². The van der Waals surface area contributed by atoms with Gasteiger partial charge in [-0.25, -0.2) is 18.8 Å². The van der Waals surface area contributed by atoms with Crippen molar-refractivity contribution in [3.63, 3.8) is 0 Å². The molecule has 5 rings (SSSR count). The number of benzene rings is 2. The van der Waals surface area contributed by atoms with Crippen molar-refractivity contribution in [2.45, 2.75) is 6.54 Å². The van der Waals surface area contributed by atoms with Gasteiger partial charge in [0.05, 0.1) is 18.3 Å². The van der Waals surface area contributed by atoms with Crippen LogP contribution in [-0.2, 0) is 11.4 Å². The first kappa shape index (κ1) is 18.4. The number of rotatable bonds is 4. The summed E-state index contributed by atoms with van der Waals surface area (Å²) in [6.07, 6.45) is 1.77. The van der Waals surface area contributed by atoms with Crippen LogP contribution in [0, 0.1) is 11.6 Å². The van der Waals surface area contributed by atoms with Gasteiger partial charge in [-0.3, -0.25) is 9.82 Å². The van der Waals surface area contributed by atoms with Gasteiger partial charge in [0, 0.05) is 29.8 Å². The summed E-state index contributed by atoms with van der Waals surface area (Å²) < 4.78 is 27.4. The summed E-state index contributed by atoms with van der Waals surface area (Å²) in [5.74, 6) is -0.565. The van der Waals surface area contributed by atoms with Crippen LogP contribution in [0.2, 0.25) is 0 Å². The predicted molar refractivity (Wildman–Crippen MR) is 112 cm³/mol. The second kappa shape index (κ2) is 7.35. The second-order valence-electron chi connectivity index (χ2n) is 7.13. The lowest BCUT2D eigenvalue weighted by atomic mass is 10.1. The first-order chi connectivity index (χ1) is 14.6. The van der Waals surface area contributed by atoms with Crippen molar-refractivity contribution in [2.24, 2.45) is 0 Å². The second-order valence-corrected chi connectivity index (χ2v) is 7.13. The zero-order valence-electron chi connectivity index (χ0n) is 16.2. The summed E-state index contributed by atoms with van der Waals surface area (Å²) in [7, 11) is 1.60. The number of pyridine rings is 2. The molecule has 5 nitrogen and oxygen atoms in total. The molecule has 0 amide bonds. The van der Waals surface area contributed by atoms with Crippen molar-refractivity contribution in [1.29, 1.82) is 0 Å². The maximum absolute atomic E-state index is 13.7. The van der Waals surface area contributed by atoms with Crippen LogP contribution in [0.1, 0.15) is 5.56 Å². The summed E-state index contributed by atoms with van der Waals surface area (Å²) in [4.78, 5) is 16.6. The van der Waals surface area contributed by atoms with Gasteiger partial charge in [0.2, 0.25) is 0 Å². The van der Waals surface area contributed by atoms with Crippen LogP contribution in [-0.4, -0.2) is 23.7 Å². The van der Waals surface area contributed by atoms with Gasteiger partial charge in [-0.2, -0.15) is 0 Å². The minimum absolute atomic E-state index is 0.392. The molecule has 150 valence electrons. The topological polar surface area (TPSA) is 41.5 Å². The van der Waals surface area contributed by atoms with Crippen molar-refractivity contribution in [2.75, 3.05) is 23.7 Å². The third-order valence-corrected chi connectivity index (χ3v) is 5.14. The average molecular weight is 404 g/mol. The van der Waals surface area contributed by atoms with Gasteiger partial charge in [0.15, 0.2) is 5.82 Å². The lowest BCUT2D eigenvalue weighted by Gasteiger charge is -2.19. The number of hydroxylamine groups is 1. The molecule has 30 heavy (non-hydrogen) atoms. The first-order valence-electron chi connectivity index (χ1n) is 9.48. The van der Waals surface area contributed by atoms with E-state index >= 15 is 0 Å². The van der Waals surface area contributed by atoms with E-state index in [1.807, 2.05) is 30.3 Å². The molecular formula is C23H18F2N4O. The van der Waals surface area contributed by atoms with Gasteiger partial charge in [-0.1, -0.05) is 12.1 Å². The highest BCUT2D eigenvalue weighted by Gasteiger charge is 2.28. The molecule has 0 aliphatic carbocycles. The Morgan fingerprint density at radius 3 is 2.63 bits per heavy atom. The zero-order chi connectivity index (χ0) is 20.7. The number of fused-ring (bicyclic) bond motifs is 2. The van der Waals surface area contributed by atoms with Crippen LogP contribution < -0.4 is 9.96 Å². The molecule has 7 heteroatoms. The van der Waals surface area contributed by atoms with E-state index in [2.05, 4.69) is 16.0 Å². The van der Waals surface area contributed by atoms with Crippen molar-refractivity contribution in [3.05, 3.63) is 84.1 Å². The fraction of sp³-hybridized carbons (Fsp3) is 0.130. The van der Waals surface area contributed by atoms with Gasteiger partial charge in [-0.05, 0) is 48.0 Å². The van der Waals surface area contributed by atoms with Gasteiger partial charge < -0.3 is 4.90 Å². The molecule has 1 aliphatic rings. The molecule has 0 unspecified atom stereocenters. The van der Waals surface area contributed by atoms with Gasteiger partial charge >= 0.3 is 0 Å². The quantitative estimate of drug-likeness (QED) is 0.483. The van der Waals surface area contributed by atoms with Crippen LogP contribution in [0.15, 0.2) is 66.9 Å². The smallest absolute Gasteiger partial charge is 0.157 e. The number of anilines is 2. The maximum atomic E-state index is 13.7. The summed E-state index contributed by atoms with van der Waals surface area (Å²) in [5.41, 5.74) is 3.74. The van der Waals surface area contributed by atoms with Gasteiger partial charge in [0.25, 0.3) is 0 Å². The van der Waals surface area contributed by atoms with Crippen LogP contribution >= 0.6 is 0 Å². The average Bonchev–Trinajstić information content (AvgIpc) is 3.10. The largest absolute Gasteiger partial charge is 0.330 e. The van der Waals surface area contributed by atoms with E-state index in [1.165, 1.54) is 12.1 Å². The van der Waals surface area contributed by atoms with E-state index in [0.717, 1.165) is 28.2 Å². The SMILES string of the molecule is CON1CN(Cc2ccc3ncccc3c2)c2nc(-c3cc(F)cc(F)c3)ccc21. The summed E-state index contributed by atoms with van der Waals surface area (Å²) in [6, 6.07) is 17.1. The number of nitrogens with zero attached hydrogens (tertiary/aromatic N) is 4. The summed E-state index contributed by atoms with van der Waals surface area (Å²) in [6.45, 7) is 1.09. The highest BCUT2D eigenvalue weighted by atomic mass is 19.1. The Hall–Kier alpha value is -3.58. The molecular weight excluding hydrogens is 386 g/mol. The number of aromatic nitrogens is 2. The molecule has 2 aromatic heterocycles. The molecule has 0 N–H and O–H groups in total. The predicted octanol–water partition coefficient (Wildman–Crippen LogP) is 4.92. The molecule has 0 radical (unpaired) electrons. The lowest BCUT2D eigenvalue weighted by molar-refractivity contribution is 0.172. The lowest BCUT2D eigenvalue weighted by Crippen LogP contribution is -2.29. The summed E-state index contributed by atoms with van der Waals surface area (Å²) >= 11 is 0. The van der Waals surface area contributed by atoms with Crippen LogP contribution in [0.5, 0.6) is 0 Å². The maximum Gasteiger partial charge on any atom is 0.157 e. The molecule has 0 spiro atoms. The Morgan fingerprint density at radius 1 is 1.00 bits per heavy atom. The Balaban J connectivity index is 1.52. The van der Waals surface area contributed by atoms with Crippen molar-refractivity contribution in [3.8, 4) is 11.3 Å². The van der Waals surface area contributed by atoms with E-state index in [4.69, 9.17) is 9.82 Å². The van der Waals surface area contributed by atoms with E-state index in [-0.39, 0.29) is 0 Å². The standard InChI is InChI=1S/C23H18F2N4O/c1-30-29-14-28(13-15-4-5-20-16(9-15)3-2-8-26-20)23-22(29)7-6-21(27-23)17-10-18(24)12-19(25)11-17/h2-12H,13-14H2,1H3. The molecule has 0 fully saturated rings. The highest BCUT2D eigenvalue weighted by Crippen LogP contribution is 2.37. The first-order valence-corrected chi connectivity index (χ1v) is 9.48. The van der Waals surface area contributed by atoms with Gasteiger partial charge in [-0.15, -0.1) is 0 Å². The minimum atomic E-state index is -0.632. The monoisotopic (exact) mass is 404 g/mol. The van der Waals surface area contributed by atoms with E-state index in [9.17, 15) is 8.78 Å². The van der Waals surface area contributed by atoms with E-state index < -0.39 is 11.6 Å². The van der Waals surface area contributed by atoms with Crippen molar-refractivity contribution in [1.82, 2.24) is 9.97 Å². The van der Waals surface area contributed by atoms with E-state index in [1.54, 1.807) is 24.4 Å². The number of halogens is 2. The molecule has 0 saturated heterocycles. The Labute approximate surface area is 172 Å². The van der Waals surface area contributed by atoms with Gasteiger partial charge in [0.1, 0.15) is 24.0 Å². The molecule has 1 aliphatic heterocycles. The molecule has 0 atom stereocenters. The Kier molecular flexibility index (Phi) is 4.52. The number of hydrogen-bond donors (Lipinski definition) is 0. The fourth-order valence-corrected chi connectivity index (χ4v) is 3.75. The molecule has 0 bridgehead atoms. The van der Waals surface area contributed by atoms with Crippen LogP contribution in [0.3, 0.4) is 0 Å². The summed E-state index contributed by atoms with van der Waals surface area (Å²) in [5, 5.41) is 2.80. The molecule has 3 heterocycles. The molecule has 2 aromatic carbocycles. The third-order valence-electron chi connectivity index (χ3n) is 5.14. The Bertz CT molecular complexity index is 1230. The Morgan fingerprint density at radius 2 is 1.83 bits per heavy atom. The fourth-order valence-electron chi connectivity index (χ4n) is 3.75. The van der Waals surface area contributed by atoms with Crippen molar-refractivity contribution < 1.29 is 13.6 Å². The number of hydrogen-bond acceptors (Lipinski definition) is 5. The molecule has 0 saturated carbocycles. The van der Waals surface area contributed by atoms with Crippen LogP contribution in [0.25, 0.3) is 22.2 Å². The normalized spacial score (nSPS) is 13.2. The van der Waals surface area contributed by atoms with Crippen molar-refractivity contribution >= 4 is 22.4 Å². The van der Waals surface area contributed by atoms with E-state index in [0.29, 0.717) is 30.3 Å². The third kappa shape index (κ3) is 3.33. The highest BCUT2D eigenvalue weighted by molar-refractivity contribution is 5.79.